The number of sulfonamides is 2. The Labute approximate surface area is 174 Å². The van der Waals surface area contributed by atoms with Crippen molar-refractivity contribution in [3.05, 3.63) is 40.6 Å². The molecular weight excluding hydrogens is 436 g/mol. The normalized spacial score (nSPS) is 18.2. The number of benzene rings is 1. The molecule has 0 spiro atoms. The number of nitrogens with zero attached hydrogens (tertiary/aromatic N) is 1. The van der Waals surface area contributed by atoms with E-state index in [0.717, 1.165) is 10.9 Å². The second-order valence-corrected chi connectivity index (χ2v) is 11.9. The molecule has 158 valence electrons. The molecule has 1 aromatic heterocycles. The van der Waals surface area contributed by atoms with Crippen LogP contribution < -0.4 is 13.8 Å². The molecule has 0 aliphatic carbocycles. The summed E-state index contributed by atoms with van der Waals surface area (Å²) in [4.78, 5) is 13.4. The van der Waals surface area contributed by atoms with Crippen LogP contribution in [0.3, 0.4) is 0 Å². The van der Waals surface area contributed by atoms with E-state index in [2.05, 4.69) is 4.72 Å². The maximum atomic E-state index is 12.8. The molecule has 1 aromatic carbocycles. The molecule has 0 atom stereocenters. The van der Waals surface area contributed by atoms with E-state index in [-0.39, 0.29) is 28.6 Å². The molecule has 1 fully saturated rings. The van der Waals surface area contributed by atoms with Crippen LogP contribution in [0.15, 0.2) is 40.6 Å². The van der Waals surface area contributed by atoms with Gasteiger partial charge in [0.1, 0.15) is 10.6 Å². The van der Waals surface area contributed by atoms with Crippen LogP contribution in [-0.4, -0.2) is 42.2 Å². The van der Waals surface area contributed by atoms with Crippen molar-refractivity contribution in [1.29, 1.82) is 0 Å². The van der Waals surface area contributed by atoms with Crippen LogP contribution >= 0.6 is 11.3 Å². The minimum absolute atomic E-state index is 0.0278. The number of hydrogen-bond donors (Lipinski definition) is 1. The van der Waals surface area contributed by atoms with E-state index in [1.165, 1.54) is 30.6 Å². The molecule has 29 heavy (non-hydrogen) atoms. The molecule has 1 amide bonds. The molecule has 0 radical (unpaired) electrons. The lowest BCUT2D eigenvalue weighted by Crippen LogP contribution is -2.33. The largest absolute Gasteiger partial charge is 0.495 e. The van der Waals surface area contributed by atoms with E-state index in [1.807, 2.05) is 17.5 Å². The van der Waals surface area contributed by atoms with Crippen molar-refractivity contribution in [2.45, 2.75) is 25.2 Å². The summed E-state index contributed by atoms with van der Waals surface area (Å²) < 4.78 is 59.0. The number of rotatable bonds is 7. The molecule has 0 bridgehead atoms. The molecule has 3 rings (SSSR count). The highest BCUT2D eigenvalue weighted by molar-refractivity contribution is 7.94. The fraction of sp³-hybridized carbons (Fsp3) is 0.389. The van der Waals surface area contributed by atoms with Gasteiger partial charge in [-0.3, -0.25) is 4.79 Å². The van der Waals surface area contributed by atoms with Crippen LogP contribution in [0.5, 0.6) is 5.75 Å². The van der Waals surface area contributed by atoms with Crippen molar-refractivity contribution >= 4 is 43.0 Å². The third-order valence-electron chi connectivity index (χ3n) is 4.50. The topological polar surface area (TPSA) is 110 Å². The van der Waals surface area contributed by atoms with Gasteiger partial charge in [0.05, 0.1) is 24.0 Å². The first-order chi connectivity index (χ1) is 13.5. The molecule has 0 saturated carbocycles. The van der Waals surface area contributed by atoms with Gasteiger partial charge in [-0.05, 0) is 49.9 Å². The summed E-state index contributed by atoms with van der Waals surface area (Å²) in [5.41, 5.74) is -1.11. The van der Waals surface area contributed by atoms with Crippen molar-refractivity contribution in [2.75, 3.05) is 23.7 Å². The second kappa shape index (κ2) is 7.71. The zero-order valence-electron chi connectivity index (χ0n) is 16.2. The van der Waals surface area contributed by atoms with Crippen LogP contribution in [-0.2, 0) is 31.3 Å². The van der Waals surface area contributed by atoms with Crippen molar-refractivity contribution in [3.63, 3.8) is 0 Å². The Bertz CT molecular complexity index is 1120. The molecule has 1 aliphatic heterocycles. The van der Waals surface area contributed by atoms with Gasteiger partial charge in [-0.15, -0.1) is 11.3 Å². The maximum absolute atomic E-state index is 12.8. The number of carbonyl (C=O) groups excluding carboxylic acids is 1. The third-order valence-corrected chi connectivity index (χ3v) is 8.94. The molecule has 1 N–H and O–H groups in total. The van der Waals surface area contributed by atoms with Crippen molar-refractivity contribution < 1.29 is 26.4 Å². The van der Waals surface area contributed by atoms with Gasteiger partial charge in [-0.25, -0.2) is 25.9 Å². The molecule has 2 aromatic rings. The second-order valence-electron chi connectivity index (χ2n) is 7.27. The Morgan fingerprint density at radius 2 is 2.00 bits per heavy atom. The SMILES string of the molecule is COc1ccc(N2C(=O)C(C)(C)CS2(=O)=O)cc1S(=O)(=O)NCCc1cccs1. The monoisotopic (exact) mass is 458 g/mol. The average Bonchev–Trinajstić information content (AvgIpc) is 3.18. The zero-order valence-corrected chi connectivity index (χ0v) is 18.7. The Kier molecular flexibility index (Phi) is 5.78. The van der Waals surface area contributed by atoms with Gasteiger partial charge in [0.2, 0.25) is 26.0 Å². The molecule has 11 heteroatoms. The lowest BCUT2D eigenvalue weighted by molar-refractivity contribution is -0.123. The maximum Gasteiger partial charge on any atom is 0.247 e. The van der Waals surface area contributed by atoms with Gasteiger partial charge in [-0.2, -0.15) is 0 Å². The molecule has 1 saturated heterocycles. The van der Waals surface area contributed by atoms with E-state index >= 15 is 0 Å². The van der Waals surface area contributed by atoms with E-state index in [4.69, 9.17) is 4.74 Å². The fourth-order valence-corrected chi connectivity index (χ4v) is 7.13. The van der Waals surface area contributed by atoms with Crippen LogP contribution in [0.25, 0.3) is 0 Å². The number of nitrogens with one attached hydrogen (secondary N) is 1. The minimum atomic E-state index is -3.99. The van der Waals surface area contributed by atoms with E-state index in [9.17, 15) is 21.6 Å². The highest BCUT2D eigenvalue weighted by atomic mass is 32.2. The molecular formula is C18H22N2O6S3. The van der Waals surface area contributed by atoms with Crippen molar-refractivity contribution in [3.8, 4) is 5.75 Å². The first-order valence-corrected chi connectivity index (χ1v) is 12.7. The highest BCUT2D eigenvalue weighted by Gasteiger charge is 2.50. The number of methoxy groups -OCH3 is 1. The Balaban J connectivity index is 1.94. The van der Waals surface area contributed by atoms with E-state index in [0.29, 0.717) is 10.7 Å². The first-order valence-electron chi connectivity index (χ1n) is 8.75. The molecule has 0 unspecified atom stereocenters. The van der Waals surface area contributed by atoms with Crippen LogP contribution in [0.2, 0.25) is 0 Å². The quantitative estimate of drug-likeness (QED) is 0.679. The molecule has 8 nitrogen and oxygen atoms in total. The average molecular weight is 459 g/mol. The van der Waals surface area contributed by atoms with Crippen molar-refractivity contribution in [1.82, 2.24) is 4.72 Å². The summed E-state index contributed by atoms with van der Waals surface area (Å²) in [7, 11) is -6.57. The number of anilines is 1. The Morgan fingerprint density at radius 1 is 1.28 bits per heavy atom. The van der Waals surface area contributed by atoms with E-state index in [1.54, 1.807) is 13.8 Å². The third kappa shape index (κ3) is 4.32. The van der Waals surface area contributed by atoms with Gasteiger partial charge >= 0.3 is 0 Å². The van der Waals surface area contributed by atoms with Gasteiger partial charge in [0.15, 0.2) is 0 Å². The number of hydrogen-bond acceptors (Lipinski definition) is 7. The summed E-state index contributed by atoms with van der Waals surface area (Å²) in [6, 6.07) is 7.66. The minimum Gasteiger partial charge on any atom is -0.495 e. The van der Waals surface area contributed by atoms with Gasteiger partial charge in [0, 0.05) is 11.4 Å². The van der Waals surface area contributed by atoms with Crippen LogP contribution in [0.1, 0.15) is 18.7 Å². The smallest absolute Gasteiger partial charge is 0.247 e. The predicted octanol–water partition coefficient (Wildman–Crippen LogP) is 1.98. The number of thiophene rings is 1. The number of carbonyl (C=O) groups is 1. The number of amides is 1. The van der Waals surface area contributed by atoms with Crippen LogP contribution in [0.4, 0.5) is 5.69 Å². The van der Waals surface area contributed by atoms with E-state index < -0.39 is 31.4 Å². The predicted molar refractivity (Wildman–Crippen MR) is 111 cm³/mol. The fourth-order valence-electron chi connectivity index (χ4n) is 3.10. The van der Waals surface area contributed by atoms with Gasteiger partial charge in [-0.1, -0.05) is 6.07 Å². The summed E-state index contributed by atoms with van der Waals surface area (Å²) >= 11 is 1.53. The Morgan fingerprint density at radius 3 is 2.55 bits per heavy atom. The lowest BCUT2D eigenvalue weighted by atomic mass is 9.95. The van der Waals surface area contributed by atoms with Crippen LogP contribution in [0, 0.1) is 5.41 Å². The van der Waals surface area contributed by atoms with Crippen molar-refractivity contribution in [2.24, 2.45) is 5.41 Å². The number of ether oxygens (including phenoxy) is 1. The molecule has 1 aliphatic rings. The Hall–Kier alpha value is -1.95. The van der Waals surface area contributed by atoms with Gasteiger partial charge in [0.25, 0.3) is 0 Å². The van der Waals surface area contributed by atoms with Gasteiger partial charge < -0.3 is 4.74 Å². The summed E-state index contributed by atoms with van der Waals surface area (Å²) in [5.74, 6) is -0.885. The summed E-state index contributed by atoms with van der Waals surface area (Å²) in [6.07, 6.45) is 0.520. The molecule has 2 heterocycles. The standard InChI is InChI=1S/C18H22N2O6S3/c1-18(2)12-28(22,23)20(17(18)21)13-6-7-15(26-3)16(11-13)29(24,25)19-9-8-14-5-4-10-27-14/h4-7,10-11,19H,8-9,12H2,1-3H3. The first kappa shape index (κ1) is 21.8. The summed E-state index contributed by atoms with van der Waals surface area (Å²) in [6.45, 7) is 3.25. The lowest BCUT2D eigenvalue weighted by Gasteiger charge is -2.19. The zero-order chi connectivity index (χ0) is 21.4. The highest BCUT2D eigenvalue weighted by Crippen LogP contribution is 2.38. The summed E-state index contributed by atoms with van der Waals surface area (Å²) in [5, 5.41) is 1.91.